The highest BCUT2D eigenvalue weighted by atomic mass is 19.1. The van der Waals surface area contributed by atoms with Crippen LogP contribution in [0.15, 0.2) is 36.7 Å². The Kier molecular flexibility index (Phi) is 5.06. The minimum Gasteiger partial charge on any atom is -0.383 e. The van der Waals surface area contributed by atoms with Crippen LogP contribution in [0, 0.1) is 6.92 Å². The van der Waals surface area contributed by atoms with Crippen molar-refractivity contribution in [3.8, 4) is 11.3 Å². The van der Waals surface area contributed by atoms with E-state index in [4.69, 9.17) is 4.74 Å². The second-order valence-electron chi connectivity index (χ2n) is 7.50. The summed E-state index contributed by atoms with van der Waals surface area (Å²) in [6.45, 7) is 3.22. The van der Waals surface area contributed by atoms with Crippen LogP contribution in [0.3, 0.4) is 0 Å². The summed E-state index contributed by atoms with van der Waals surface area (Å²) in [5.74, 6) is 0.612. The molecule has 0 spiro atoms. The maximum Gasteiger partial charge on any atom is 0.265 e. The van der Waals surface area contributed by atoms with Crippen molar-refractivity contribution in [2.75, 3.05) is 38.7 Å². The fourth-order valence-corrected chi connectivity index (χ4v) is 3.55. The molecule has 8 heteroatoms. The van der Waals surface area contributed by atoms with E-state index in [1.165, 1.54) is 0 Å². The first kappa shape index (κ1) is 19.5. The van der Waals surface area contributed by atoms with E-state index in [2.05, 4.69) is 15.3 Å². The molecule has 1 saturated heterocycles. The van der Waals surface area contributed by atoms with Gasteiger partial charge in [-0.3, -0.25) is 9.69 Å². The number of halogens is 1. The van der Waals surface area contributed by atoms with Crippen molar-refractivity contribution in [1.29, 1.82) is 0 Å². The van der Waals surface area contributed by atoms with Crippen LogP contribution in [0.2, 0.25) is 0 Å². The number of imidazole rings is 1. The number of benzene rings is 1. The average molecular weight is 397 g/mol. The number of likely N-dealkylation sites (tertiary alicyclic amines) is 1. The lowest BCUT2D eigenvalue weighted by molar-refractivity contribution is -0.140. The molecule has 0 radical (unpaired) electrons. The van der Waals surface area contributed by atoms with Crippen molar-refractivity contribution in [1.82, 2.24) is 19.4 Å². The van der Waals surface area contributed by atoms with Crippen LogP contribution in [-0.4, -0.2) is 64.4 Å². The molecule has 152 valence electrons. The Morgan fingerprint density at radius 2 is 2.03 bits per heavy atom. The second kappa shape index (κ2) is 7.53. The number of anilines is 1. The largest absolute Gasteiger partial charge is 0.383 e. The Morgan fingerprint density at radius 1 is 1.24 bits per heavy atom. The monoisotopic (exact) mass is 397 g/mol. The van der Waals surface area contributed by atoms with E-state index in [-0.39, 0.29) is 13.1 Å². The molecule has 0 unspecified atom stereocenters. The number of rotatable bonds is 6. The summed E-state index contributed by atoms with van der Waals surface area (Å²) in [6.07, 6.45) is 3.51. The molecule has 0 bridgehead atoms. The third kappa shape index (κ3) is 3.73. The fourth-order valence-electron chi connectivity index (χ4n) is 3.55. The van der Waals surface area contributed by atoms with Gasteiger partial charge < -0.3 is 14.6 Å². The molecule has 1 aliphatic heterocycles. The molecular weight excluding hydrogens is 373 g/mol. The molecule has 0 aliphatic carbocycles. The molecule has 1 aliphatic rings. The number of aryl methyl sites for hydroxylation is 1. The number of nitrogens with zero attached hydrogens (tertiary/aromatic N) is 4. The third-order valence-electron chi connectivity index (χ3n) is 5.45. The number of aromatic nitrogens is 3. The maximum atomic E-state index is 14.8. The van der Waals surface area contributed by atoms with Gasteiger partial charge in [0.2, 0.25) is 5.67 Å². The smallest absolute Gasteiger partial charge is 0.265 e. The molecule has 29 heavy (non-hydrogen) atoms. The summed E-state index contributed by atoms with van der Waals surface area (Å²) < 4.78 is 21.8. The Balaban J connectivity index is 1.51. The van der Waals surface area contributed by atoms with Gasteiger partial charge in [-0.1, -0.05) is 12.1 Å². The van der Waals surface area contributed by atoms with E-state index in [1.807, 2.05) is 47.8 Å². The Bertz CT molecular complexity index is 1060. The average Bonchev–Trinajstić information content (AvgIpc) is 3.02. The van der Waals surface area contributed by atoms with Crippen LogP contribution < -0.4 is 5.32 Å². The number of ether oxygens (including phenoxy) is 1. The van der Waals surface area contributed by atoms with Crippen molar-refractivity contribution in [3.05, 3.63) is 42.5 Å². The Labute approximate surface area is 168 Å². The number of alkyl halides is 1. The second-order valence-corrected chi connectivity index (χ2v) is 7.50. The first-order valence-electron chi connectivity index (χ1n) is 9.50. The third-order valence-corrected chi connectivity index (χ3v) is 5.45. The van der Waals surface area contributed by atoms with Gasteiger partial charge >= 0.3 is 0 Å². The molecule has 3 aromatic rings. The van der Waals surface area contributed by atoms with E-state index in [0.29, 0.717) is 19.0 Å². The van der Waals surface area contributed by atoms with E-state index in [0.717, 1.165) is 27.9 Å². The van der Waals surface area contributed by atoms with Crippen molar-refractivity contribution in [2.45, 2.75) is 12.6 Å². The first-order chi connectivity index (χ1) is 13.9. The van der Waals surface area contributed by atoms with Crippen LogP contribution in [-0.2, 0) is 16.6 Å². The Morgan fingerprint density at radius 3 is 2.72 bits per heavy atom. The van der Waals surface area contributed by atoms with E-state index in [9.17, 15) is 9.18 Å². The van der Waals surface area contributed by atoms with Gasteiger partial charge in [0.1, 0.15) is 11.6 Å². The van der Waals surface area contributed by atoms with Gasteiger partial charge in [0.25, 0.3) is 5.91 Å². The minimum atomic E-state index is -1.89. The van der Waals surface area contributed by atoms with E-state index in [1.54, 1.807) is 19.4 Å². The Hall–Kier alpha value is -2.84. The van der Waals surface area contributed by atoms with Crippen LogP contribution in [0.25, 0.3) is 22.0 Å². The number of carbonyl (C=O) groups excluding carboxylic acids is 1. The van der Waals surface area contributed by atoms with Gasteiger partial charge in [0.05, 0.1) is 18.5 Å². The number of carbonyl (C=O) groups is 1. The summed E-state index contributed by atoms with van der Waals surface area (Å²) in [5.41, 5.74) is 0.122. The number of pyridine rings is 1. The van der Waals surface area contributed by atoms with Crippen LogP contribution in [0.4, 0.5) is 10.2 Å². The van der Waals surface area contributed by atoms with Gasteiger partial charge in [-0.15, -0.1) is 0 Å². The van der Waals surface area contributed by atoms with Crippen molar-refractivity contribution in [2.24, 2.45) is 7.05 Å². The highest BCUT2D eigenvalue weighted by molar-refractivity contribution is 5.99. The summed E-state index contributed by atoms with van der Waals surface area (Å²) >= 11 is 0. The van der Waals surface area contributed by atoms with Gasteiger partial charge in [0, 0.05) is 50.9 Å². The molecule has 1 aromatic carbocycles. The number of fused-ring (bicyclic) bond motifs is 1. The van der Waals surface area contributed by atoms with Gasteiger partial charge in [-0.25, -0.2) is 14.4 Å². The number of nitrogens with one attached hydrogen (secondary N) is 1. The van der Waals surface area contributed by atoms with Crippen molar-refractivity contribution in [3.63, 3.8) is 0 Å². The standard InChI is InChI=1S/C21H24FN5O2/c1-14-23-11-18(26(14)2)15-4-5-16-10-24-19(9-17(16)8-15)25-20(28)21(22)12-27(13-21)6-7-29-3/h4-5,8-11H,6-7,12-13H2,1-3H3,(H,24,25,28). The zero-order chi connectivity index (χ0) is 20.6. The maximum absolute atomic E-state index is 14.8. The zero-order valence-electron chi connectivity index (χ0n) is 16.8. The van der Waals surface area contributed by atoms with Crippen LogP contribution in [0.1, 0.15) is 5.82 Å². The predicted octanol–water partition coefficient (Wildman–Crippen LogP) is 2.55. The van der Waals surface area contributed by atoms with Gasteiger partial charge in [-0.2, -0.15) is 0 Å². The molecule has 1 fully saturated rings. The molecule has 1 N–H and O–H groups in total. The van der Waals surface area contributed by atoms with Crippen molar-refractivity contribution >= 4 is 22.5 Å². The van der Waals surface area contributed by atoms with Crippen LogP contribution >= 0.6 is 0 Å². The number of hydrogen-bond acceptors (Lipinski definition) is 5. The number of methoxy groups -OCH3 is 1. The molecule has 0 saturated carbocycles. The van der Waals surface area contributed by atoms with Crippen molar-refractivity contribution < 1.29 is 13.9 Å². The molecule has 4 rings (SSSR count). The zero-order valence-corrected chi connectivity index (χ0v) is 16.8. The lowest BCUT2D eigenvalue weighted by Gasteiger charge is -2.42. The van der Waals surface area contributed by atoms with Crippen LogP contribution in [0.5, 0.6) is 0 Å². The number of hydrogen-bond donors (Lipinski definition) is 1. The topological polar surface area (TPSA) is 72.3 Å². The predicted molar refractivity (Wildman–Crippen MR) is 109 cm³/mol. The lowest BCUT2D eigenvalue weighted by Crippen LogP contribution is -2.65. The first-order valence-corrected chi connectivity index (χ1v) is 9.50. The molecule has 0 atom stereocenters. The number of amides is 1. The highest BCUT2D eigenvalue weighted by Gasteiger charge is 2.49. The molecule has 1 amide bonds. The van der Waals surface area contributed by atoms with Gasteiger partial charge in [-0.05, 0) is 24.4 Å². The summed E-state index contributed by atoms with van der Waals surface area (Å²) in [5, 5.41) is 4.48. The quantitative estimate of drug-likeness (QED) is 0.692. The molecular formula is C21H24FN5O2. The molecule has 7 nitrogen and oxygen atoms in total. The normalized spacial score (nSPS) is 16.0. The summed E-state index contributed by atoms with van der Waals surface area (Å²) in [6, 6.07) is 7.77. The molecule has 3 heterocycles. The lowest BCUT2D eigenvalue weighted by atomic mass is 9.95. The molecule has 2 aromatic heterocycles. The highest BCUT2D eigenvalue weighted by Crippen LogP contribution is 2.28. The fraction of sp³-hybridized carbons (Fsp3) is 0.381. The summed E-state index contributed by atoms with van der Waals surface area (Å²) in [4.78, 5) is 22.9. The minimum absolute atomic E-state index is 0.0692. The van der Waals surface area contributed by atoms with E-state index >= 15 is 0 Å². The van der Waals surface area contributed by atoms with E-state index < -0.39 is 11.6 Å². The van der Waals surface area contributed by atoms with Gasteiger partial charge in [0.15, 0.2) is 0 Å². The SMILES string of the molecule is COCCN1CC(F)(C(=O)Nc2cc3cc(-c4cnc(C)n4C)ccc3cn2)C1. The summed E-state index contributed by atoms with van der Waals surface area (Å²) in [7, 11) is 3.57.